The molecule has 2 nitrogen and oxygen atoms in total. The van der Waals surface area contributed by atoms with Crippen LogP contribution in [0.2, 0.25) is 0 Å². The highest BCUT2D eigenvalue weighted by molar-refractivity contribution is 6.19. The average molecular weight is 672 g/mol. The molecule has 0 fully saturated rings. The largest absolute Gasteiger partial charge is 0.455 e. The predicted molar refractivity (Wildman–Crippen MR) is 220 cm³/mol. The van der Waals surface area contributed by atoms with Crippen LogP contribution in [-0.4, -0.2) is 0 Å². The average Bonchev–Trinajstić information content (AvgIpc) is 3.68. The Kier molecular flexibility index (Phi) is 5.45. The standard InChI is InChI=1S/C50H33NO/c1-2-10-34(11-3-1)35-20-22-36(23-21-35)37-24-29-41(30-25-37)51(42-31-26-40(27-32-42)44-17-8-14-38-12-4-6-15-43(38)44)47-18-9-19-48-49(47)46-33-28-39-13-5-7-16-45(39)50(46)52-48/h1-33H/i24D,25D,26D,27D,29D,30D,31D,32D. The maximum absolute atomic E-state index is 9.65. The molecule has 0 N–H and O–H groups in total. The maximum Gasteiger partial charge on any atom is 0.143 e. The molecular weight excluding hydrogens is 631 g/mol. The third-order valence-electron chi connectivity index (χ3n) is 9.62. The second-order valence-electron chi connectivity index (χ2n) is 12.7. The van der Waals surface area contributed by atoms with Crippen LogP contribution in [0.15, 0.2) is 204 Å². The molecule has 10 rings (SSSR count). The second kappa shape index (κ2) is 12.5. The van der Waals surface area contributed by atoms with Crippen molar-refractivity contribution in [3.63, 3.8) is 0 Å². The smallest absolute Gasteiger partial charge is 0.143 e. The molecule has 0 aliphatic carbocycles. The van der Waals surface area contributed by atoms with Crippen molar-refractivity contribution in [2.45, 2.75) is 0 Å². The Labute approximate surface area is 313 Å². The minimum absolute atomic E-state index is 0.0950. The van der Waals surface area contributed by atoms with E-state index >= 15 is 0 Å². The topological polar surface area (TPSA) is 16.4 Å². The summed E-state index contributed by atoms with van der Waals surface area (Å²) in [6.07, 6.45) is 0. The summed E-state index contributed by atoms with van der Waals surface area (Å²) >= 11 is 0. The molecule has 2 heteroatoms. The first-order chi connectivity index (χ1) is 29.1. The number of rotatable bonds is 6. The van der Waals surface area contributed by atoms with E-state index in [1.807, 2.05) is 115 Å². The van der Waals surface area contributed by atoms with Gasteiger partial charge in [-0.15, -0.1) is 0 Å². The number of furan rings is 1. The van der Waals surface area contributed by atoms with E-state index in [1.165, 1.54) is 4.90 Å². The van der Waals surface area contributed by atoms with Gasteiger partial charge >= 0.3 is 0 Å². The molecule has 0 bridgehead atoms. The fourth-order valence-electron chi connectivity index (χ4n) is 7.09. The van der Waals surface area contributed by atoms with E-state index in [2.05, 4.69) is 0 Å². The summed E-state index contributed by atoms with van der Waals surface area (Å²) in [6.45, 7) is 0. The first-order valence-electron chi connectivity index (χ1n) is 21.1. The highest BCUT2D eigenvalue weighted by Gasteiger charge is 2.20. The third-order valence-corrected chi connectivity index (χ3v) is 9.62. The lowest BCUT2D eigenvalue weighted by atomic mass is 9.97. The lowest BCUT2D eigenvalue weighted by Crippen LogP contribution is -2.10. The number of nitrogens with zero attached hydrogens (tertiary/aromatic N) is 1. The van der Waals surface area contributed by atoms with Gasteiger partial charge in [0.15, 0.2) is 0 Å². The maximum atomic E-state index is 9.65. The van der Waals surface area contributed by atoms with Crippen molar-refractivity contribution in [3.05, 3.63) is 200 Å². The Morgan fingerprint density at radius 2 is 0.942 bits per heavy atom. The summed E-state index contributed by atoms with van der Waals surface area (Å²) in [6, 6.07) is 44.2. The monoisotopic (exact) mass is 671 g/mol. The molecule has 0 amide bonds. The Bertz CT molecular complexity index is 3300. The van der Waals surface area contributed by atoms with Crippen LogP contribution in [0.5, 0.6) is 0 Å². The van der Waals surface area contributed by atoms with Crippen LogP contribution in [0.4, 0.5) is 17.1 Å². The molecule has 0 atom stereocenters. The molecule has 244 valence electrons. The van der Waals surface area contributed by atoms with Gasteiger partial charge in [-0.05, 0) is 91.9 Å². The summed E-state index contributed by atoms with van der Waals surface area (Å²) in [7, 11) is 0. The van der Waals surface area contributed by atoms with Crippen LogP contribution in [0.3, 0.4) is 0 Å². The zero-order valence-electron chi connectivity index (χ0n) is 35.8. The molecule has 0 unspecified atom stereocenters. The SMILES string of the molecule is [2H]c1c([2H])c(N(c2c([2H])c([2H])c(-c3cccc4ccccc34)c([2H])c2[2H])c2cccc3oc4c5ccccc5ccc4c23)c([2H])c([2H])c1-c1ccc(-c2ccccc2)cc1. The van der Waals surface area contributed by atoms with Gasteiger partial charge in [0, 0.05) is 22.1 Å². The molecule has 0 radical (unpaired) electrons. The Balaban J connectivity index is 1.26. The number of hydrogen-bond acceptors (Lipinski definition) is 2. The number of benzene rings is 9. The van der Waals surface area contributed by atoms with Gasteiger partial charge in [0.1, 0.15) is 11.2 Å². The molecule has 0 aliphatic rings. The van der Waals surface area contributed by atoms with Gasteiger partial charge < -0.3 is 9.32 Å². The van der Waals surface area contributed by atoms with Gasteiger partial charge in [0.05, 0.1) is 22.0 Å². The van der Waals surface area contributed by atoms with E-state index in [-0.39, 0.29) is 46.7 Å². The van der Waals surface area contributed by atoms with Gasteiger partial charge in [-0.1, -0.05) is 158 Å². The summed E-state index contributed by atoms with van der Waals surface area (Å²) in [5, 5.41) is 4.70. The second-order valence-corrected chi connectivity index (χ2v) is 12.7. The van der Waals surface area contributed by atoms with E-state index in [1.54, 1.807) is 36.4 Å². The lowest BCUT2D eigenvalue weighted by molar-refractivity contribution is 0.672. The summed E-state index contributed by atoms with van der Waals surface area (Å²) < 4.78 is 82.8. The minimum atomic E-state index is -0.414. The van der Waals surface area contributed by atoms with Crippen molar-refractivity contribution in [3.8, 4) is 33.4 Å². The quantitative estimate of drug-likeness (QED) is 0.175. The number of anilines is 3. The van der Waals surface area contributed by atoms with Crippen LogP contribution in [0, 0.1) is 0 Å². The normalized spacial score (nSPS) is 13.6. The van der Waals surface area contributed by atoms with E-state index in [4.69, 9.17) is 4.42 Å². The summed E-state index contributed by atoms with van der Waals surface area (Å²) in [5.74, 6) is 0. The Morgan fingerprint density at radius 3 is 1.67 bits per heavy atom. The molecule has 1 heterocycles. The third kappa shape index (κ3) is 5.12. The van der Waals surface area contributed by atoms with Crippen molar-refractivity contribution in [1.29, 1.82) is 0 Å². The Hall–Kier alpha value is -6.90. The molecule has 52 heavy (non-hydrogen) atoms. The summed E-state index contributed by atoms with van der Waals surface area (Å²) in [5.41, 5.74) is 4.06. The highest BCUT2D eigenvalue weighted by Crippen LogP contribution is 2.45. The molecule has 0 spiro atoms. The summed E-state index contributed by atoms with van der Waals surface area (Å²) in [4.78, 5) is 1.36. The number of fused-ring (bicyclic) bond motifs is 6. The molecule has 9 aromatic carbocycles. The highest BCUT2D eigenvalue weighted by atomic mass is 16.3. The number of hydrogen-bond donors (Lipinski definition) is 0. The van der Waals surface area contributed by atoms with Gasteiger partial charge in [-0.25, -0.2) is 0 Å². The van der Waals surface area contributed by atoms with Crippen molar-refractivity contribution in [2.24, 2.45) is 0 Å². The fourth-order valence-corrected chi connectivity index (χ4v) is 7.09. The van der Waals surface area contributed by atoms with Crippen molar-refractivity contribution in [1.82, 2.24) is 0 Å². The molecule has 0 saturated heterocycles. The van der Waals surface area contributed by atoms with E-state index in [0.29, 0.717) is 38.8 Å². The molecule has 0 saturated carbocycles. The van der Waals surface area contributed by atoms with E-state index in [9.17, 15) is 11.0 Å². The Morgan fingerprint density at radius 1 is 0.385 bits per heavy atom. The molecule has 1 aromatic heterocycles. The molecule has 10 aromatic rings. The van der Waals surface area contributed by atoms with Gasteiger partial charge in [-0.2, -0.15) is 0 Å². The first-order valence-corrected chi connectivity index (χ1v) is 17.1. The van der Waals surface area contributed by atoms with Crippen LogP contribution in [0.1, 0.15) is 11.0 Å². The zero-order chi connectivity index (χ0) is 41.4. The van der Waals surface area contributed by atoms with Crippen LogP contribution < -0.4 is 4.90 Å². The van der Waals surface area contributed by atoms with E-state index < -0.39 is 24.2 Å². The zero-order valence-corrected chi connectivity index (χ0v) is 27.8. The van der Waals surface area contributed by atoms with Crippen LogP contribution in [-0.2, 0) is 0 Å². The van der Waals surface area contributed by atoms with Crippen LogP contribution >= 0.6 is 0 Å². The van der Waals surface area contributed by atoms with E-state index in [0.717, 1.165) is 32.7 Å². The van der Waals surface area contributed by atoms with Gasteiger partial charge in [0.2, 0.25) is 0 Å². The van der Waals surface area contributed by atoms with Crippen molar-refractivity contribution >= 4 is 60.5 Å². The van der Waals surface area contributed by atoms with Crippen molar-refractivity contribution < 1.29 is 15.4 Å². The molecule has 0 aliphatic heterocycles. The lowest BCUT2D eigenvalue weighted by Gasteiger charge is -2.26. The van der Waals surface area contributed by atoms with Gasteiger partial charge in [-0.3, -0.25) is 0 Å². The fraction of sp³-hybridized carbons (Fsp3) is 0. The minimum Gasteiger partial charge on any atom is -0.455 e. The van der Waals surface area contributed by atoms with Gasteiger partial charge in [0.25, 0.3) is 0 Å². The van der Waals surface area contributed by atoms with Crippen LogP contribution in [0.25, 0.3) is 76.9 Å². The predicted octanol–water partition coefficient (Wildman–Crippen LogP) is 14.4. The first kappa shape index (κ1) is 22.7. The molecular formula is C50H33NO. The van der Waals surface area contributed by atoms with Crippen molar-refractivity contribution in [2.75, 3.05) is 4.90 Å².